The lowest BCUT2D eigenvalue weighted by molar-refractivity contribution is 0.0939. The van der Waals surface area contributed by atoms with Crippen LogP contribution in [0, 0.1) is 0 Å². The molecule has 0 aliphatic heterocycles. The standard InChI is InChI=1S/C22H21ClN2O4S/c1-15(16-7-4-3-5-8-16)24-22(26)17-9-6-10-19(13-17)30(27,28)25-20-14-18(23)11-12-21(20)29-2/h3-15,25H,1-2H3,(H,24,26). The molecule has 156 valence electrons. The number of hydrogen-bond acceptors (Lipinski definition) is 4. The van der Waals surface area contributed by atoms with Gasteiger partial charge in [-0.2, -0.15) is 0 Å². The second-order valence-corrected chi connectivity index (χ2v) is 8.70. The van der Waals surface area contributed by atoms with E-state index < -0.39 is 10.0 Å². The SMILES string of the molecule is COc1ccc(Cl)cc1NS(=O)(=O)c1cccc(C(=O)NC(C)c2ccccc2)c1. The van der Waals surface area contributed by atoms with Crippen molar-refractivity contribution in [1.82, 2.24) is 5.32 Å². The number of nitrogens with one attached hydrogen (secondary N) is 2. The van der Waals surface area contributed by atoms with Gasteiger partial charge >= 0.3 is 0 Å². The van der Waals surface area contributed by atoms with Crippen LogP contribution in [0.3, 0.4) is 0 Å². The van der Waals surface area contributed by atoms with E-state index in [9.17, 15) is 13.2 Å². The molecule has 0 aromatic heterocycles. The molecule has 6 nitrogen and oxygen atoms in total. The summed E-state index contributed by atoms with van der Waals surface area (Å²) in [7, 11) is -2.54. The fraction of sp³-hybridized carbons (Fsp3) is 0.136. The largest absolute Gasteiger partial charge is 0.495 e. The minimum Gasteiger partial charge on any atom is -0.495 e. The number of ether oxygens (including phenoxy) is 1. The molecule has 0 heterocycles. The zero-order valence-electron chi connectivity index (χ0n) is 16.4. The van der Waals surface area contributed by atoms with Crippen LogP contribution in [0.2, 0.25) is 5.02 Å². The van der Waals surface area contributed by atoms with Gasteiger partial charge in [0.05, 0.1) is 23.7 Å². The third-order valence-electron chi connectivity index (χ3n) is 4.46. The minimum atomic E-state index is -3.97. The van der Waals surface area contributed by atoms with E-state index in [1.165, 1.54) is 31.4 Å². The van der Waals surface area contributed by atoms with Crippen molar-refractivity contribution in [1.29, 1.82) is 0 Å². The zero-order valence-corrected chi connectivity index (χ0v) is 18.0. The van der Waals surface area contributed by atoms with Crippen molar-refractivity contribution in [2.75, 3.05) is 11.8 Å². The quantitative estimate of drug-likeness (QED) is 0.556. The van der Waals surface area contributed by atoms with Crippen LogP contribution in [-0.2, 0) is 10.0 Å². The highest BCUT2D eigenvalue weighted by Gasteiger charge is 2.19. The Morgan fingerprint density at radius 1 is 1.00 bits per heavy atom. The predicted octanol–water partition coefficient (Wildman–Crippen LogP) is 4.64. The maximum atomic E-state index is 12.9. The molecule has 0 fully saturated rings. The van der Waals surface area contributed by atoms with Crippen molar-refractivity contribution >= 4 is 33.2 Å². The second kappa shape index (κ2) is 9.19. The van der Waals surface area contributed by atoms with E-state index in [4.69, 9.17) is 16.3 Å². The molecule has 3 aromatic rings. The Bertz CT molecular complexity index is 1150. The second-order valence-electron chi connectivity index (χ2n) is 6.58. The predicted molar refractivity (Wildman–Crippen MR) is 118 cm³/mol. The monoisotopic (exact) mass is 444 g/mol. The number of carbonyl (C=O) groups is 1. The number of rotatable bonds is 7. The van der Waals surface area contributed by atoms with Crippen LogP contribution < -0.4 is 14.8 Å². The molecule has 8 heteroatoms. The number of methoxy groups -OCH3 is 1. The fourth-order valence-electron chi connectivity index (χ4n) is 2.87. The molecule has 1 atom stereocenters. The van der Waals surface area contributed by atoms with E-state index in [1.807, 2.05) is 37.3 Å². The Kier molecular flexibility index (Phi) is 6.64. The summed E-state index contributed by atoms with van der Waals surface area (Å²) in [5, 5.41) is 3.23. The first-order chi connectivity index (χ1) is 14.3. The molecule has 0 aliphatic rings. The summed E-state index contributed by atoms with van der Waals surface area (Å²) in [5.74, 6) is -0.0442. The summed E-state index contributed by atoms with van der Waals surface area (Å²) in [4.78, 5) is 12.6. The lowest BCUT2D eigenvalue weighted by atomic mass is 10.1. The third-order valence-corrected chi connectivity index (χ3v) is 6.06. The van der Waals surface area contributed by atoms with Crippen molar-refractivity contribution in [2.24, 2.45) is 0 Å². The lowest BCUT2D eigenvalue weighted by Gasteiger charge is -2.15. The highest BCUT2D eigenvalue weighted by molar-refractivity contribution is 7.92. The van der Waals surface area contributed by atoms with Crippen molar-refractivity contribution in [2.45, 2.75) is 17.9 Å². The van der Waals surface area contributed by atoms with Gasteiger partial charge in [-0.3, -0.25) is 9.52 Å². The van der Waals surface area contributed by atoms with Gasteiger partial charge in [-0.25, -0.2) is 8.42 Å². The molecule has 0 saturated heterocycles. The van der Waals surface area contributed by atoms with E-state index in [1.54, 1.807) is 18.2 Å². The summed E-state index contributed by atoms with van der Waals surface area (Å²) in [5.41, 5.74) is 1.39. The van der Waals surface area contributed by atoms with Crippen LogP contribution >= 0.6 is 11.6 Å². The molecule has 30 heavy (non-hydrogen) atoms. The Labute approximate surface area is 180 Å². The molecule has 0 bridgehead atoms. The molecular formula is C22H21ClN2O4S. The number of amides is 1. The third kappa shape index (κ3) is 5.11. The highest BCUT2D eigenvalue weighted by Crippen LogP contribution is 2.30. The molecule has 2 N–H and O–H groups in total. The molecule has 0 spiro atoms. The van der Waals surface area contributed by atoms with Gasteiger partial charge in [0.15, 0.2) is 0 Å². The zero-order chi connectivity index (χ0) is 21.7. The van der Waals surface area contributed by atoms with Gasteiger partial charge in [-0.15, -0.1) is 0 Å². The number of carbonyl (C=O) groups excluding carboxylic acids is 1. The fourth-order valence-corrected chi connectivity index (χ4v) is 4.15. The molecule has 3 rings (SSSR count). The smallest absolute Gasteiger partial charge is 0.262 e. The lowest BCUT2D eigenvalue weighted by Crippen LogP contribution is -2.27. The average molecular weight is 445 g/mol. The van der Waals surface area contributed by atoms with Crippen LogP contribution in [0.4, 0.5) is 5.69 Å². The van der Waals surface area contributed by atoms with E-state index in [-0.39, 0.29) is 28.1 Å². The van der Waals surface area contributed by atoms with Crippen LogP contribution in [-0.4, -0.2) is 21.4 Å². The average Bonchev–Trinajstić information content (AvgIpc) is 2.74. The van der Waals surface area contributed by atoms with Crippen LogP contribution in [0.15, 0.2) is 77.7 Å². The summed E-state index contributed by atoms with van der Waals surface area (Å²) in [6.45, 7) is 1.86. The van der Waals surface area contributed by atoms with Crippen LogP contribution in [0.5, 0.6) is 5.75 Å². The molecule has 1 unspecified atom stereocenters. The van der Waals surface area contributed by atoms with Gasteiger partial charge in [0.2, 0.25) is 0 Å². The maximum absolute atomic E-state index is 12.9. The van der Waals surface area contributed by atoms with E-state index in [0.29, 0.717) is 10.8 Å². The summed E-state index contributed by atoms with van der Waals surface area (Å²) < 4.78 is 33.4. The van der Waals surface area contributed by atoms with Gasteiger partial charge in [0.1, 0.15) is 5.75 Å². The number of hydrogen-bond donors (Lipinski definition) is 2. The molecule has 3 aromatic carbocycles. The molecule has 0 aliphatic carbocycles. The van der Waals surface area contributed by atoms with Crippen LogP contribution in [0.25, 0.3) is 0 Å². The van der Waals surface area contributed by atoms with E-state index in [2.05, 4.69) is 10.0 Å². The first-order valence-electron chi connectivity index (χ1n) is 9.12. The van der Waals surface area contributed by atoms with Crippen LogP contribution in [0.1, 0.15) is 28.9 Å². The molecular weight excluding hydrogens is 424 g/mol. The van der Waals surface area contributed by atoms with Crippen molar-refractivity contribution in [3.8, 4) is 5.75 Å². The summed E-state index contributed by atoms with van der Waals surface area (Å²) >= 11 is 5.97. The Balaban J connectivity index is 1.82. The first kappa shape index (κ1) is 21.7. The minimum absolute atomic E-state index is 0.0513. The van der Waals surface area contributed by atoms with Gasteiger partial charge in [0, 0.05) is 10.6 Å². The van der Waals surface area contributed by atoms with Gasteiger partial charge in [-0.1, -0.05) is 48.0 Å². The molecule has 0 radical (unpaired) electrons. The van der Waals surface area contributed by atoms with Crippen molar-refractivity contribution in [3.63, 3.8) is 0 Å². The Hall–Kier alpha value is -3.03. The normalized spacial score (nSPS) is 12.1. The van der Waals surface area contributed by atoms with Gasteiger partial charge in [-0.05, 0) is 48.9 Å². The van der Waals surface area contributed by atoms with Gasteiger partial charge < -0.3 is 10.1 Å². The van der Waals surface area contributed by atoms with E-state index >= 15 is 0 Å². The number of anilines is 1. The van der Waals surface area contributed by atoms with Crippen molar-refractivity contribution in [3.05, 3.63) is 88.9 Å². The Morgan fingerprint density at radius 2 is 1.73 bits per heavy atom. The Morgan fingerprint density at radius 3 is 2.43 bits per heavy atom. The molecule has 1 amide bonds. The molecule has 0 saturated carbocycles. The van der Waals surface area contributed by atoms with Crippen molar-refractivity contribution < 1.29 is 17.9 Å². The van der Waals surface area contributed by atoms with Gasteiger partial charge in [0.25, 0.3) is 15.9 Å². The highest BCUT2D eigenvalue weighted by atomic mass is 35.5. The number of halogens is 1. The summed E-state index contributed by atoms with van der Waals surface area (Å²) in [6.07, 6.45) is 0. The number of sulfonamides is 1. The summed E-state index contributed by atoms with van der Waals surface area (Å²) in [6, 6.07) is 19.7. The first-order valence-corrected chi connectivity index (χ1v) is 11.0. The maximum Gasteiger partial charge on any atom is 0.262 e. The number of benzene rings is 3. The topological polar surface area (TPSA) is 84.5 Å². The van der Waals surface area contributed by atoms with E-state index in [0.717, 1.165) is 5.56 Å².